The Kier molecular flexibility index (Phi) is 4.39. The van der Waals surface area contributed by atoms with E-state index in [1.54, 1.807) is 24.3 Å². The van der Waals surface area contributed by atoms with Gasteiger partial charge >= 0.3 is 0 Å². The molecular weight excluding hydrogens is 345 g/mol. The third-order valence-electron chi connectivity index (χ3n) is 4.93. The van der Waals surface area contributed by atoms with Gasteiger partial charge in [0.2, 0.25) is 0 Å². The maximum Gasteiger partial charge on any atom is 0.287 e. The topological polar surface area (TPSA) is 60.1 Å². The van der Waals surface area contributed by atoms with E-state index in [4.69, 9.17) is 4.42 Å². The van der Waals surface area contributed by atoms with Crippen molar-refractivity contribution in [1.82, 2.24) is 15.1 Å². The monoisotopic (exact) mass is 365 g/mol. The number of hydrogen-bond acceptors (Lipinski definition) is 3. The number of furan rings is 1. The second-order valence-corrected chi connectivity index (χ2v) is 6.76. The minimum absolute atomic E-state index is 0.0550. The van der Waals surface area contributed by atoms with Crippen LogP contribution in [0, 0.1) is 19.7 Å². The van der Waals surface area contributed by atoms with Crippen LogP contribution in [0.4, 0.5) is 4.39 Å². The van der Waals surface area contributed by atoms with Crippen LogP contribution in [0.5, 0.6) is 0 Å². The lowest BCUT2D eigenvalue weighted by molar-refractivity contribution is 0.0916. The van der Waals surface area contributed by atoms with Crippen molar-refractivity contribution in [3.8, 4) is 5.69 Å². The van der Waals surface area contributed by atoms with E-state index in [1.165, 1.54) is 18.4 Å². The maximum absolute atomic E-state index is 13.2. The molecule has 0 spiro atoms. The van der Waals surface area contributed by atoms with Crippen molar-refractivity contribution < 1.29 is 13.6 Å². The Bertz CT molecular complexity index is 987. The number of allylic oxidation sites excluding steroid dienone is 1. The fourth-order valence-electron chi connectivity index (χ4n) is 3.69. The van der Waals surface area contributed by atoms with Gasteiger partial charge in [0.25, 0.3) is 5.91 Å². The Morgan fingerprint density at radius 2 is 2.00 bits per heavy atom. The van der Waals surface area contributed by atoms with E-state index < -0.39 is 0 Å². The van der Waals surface area contributed by atoms with Gasteiger partial charge in [-0.1, -0.05) is 12.2 Å². The molecule has 1 aromatic carbocycles. The highest BCUT2D eigenvalue weighted by Crippen LogP contribution is 2.34. The molecule has 1 amide bonds. The minimum atomic E-state index is -0.269. The number of halogens is 1. The summed E-state index contributed by atoms with van der Waals surface area (Å²) in [6.07, 6.45) is 6.38. The molecule has 2 atom stereocenters. The van der Waals surface area contributed by atoms with Gasteiger partial charge in [-0.05, 0) is 56.7 Å². The predicted molar refractivity (Wildman–Crippen MR) is 99.5 cm³/mol. The summed E-state index contributed by atoms with van der Waals surface area (Å²) in [5.41, 5.74) is 3.93. The molecule has 1 aliphatic rings. The van der Waals surface area contributed by atoms with E-state index in [0.717, 1.165) is 29.1 Å². The Hall–Kier alpha value is -3.15. The fraction of sp³-hybridized carbons (Fsp3) is 0.238. The number of amides is 1. The number of aryl methyl sites for hydroxylation is 1. The van der Waals surface area contributed by atoms with E-state index in [2.05, 4.69) is 16.5 Å². The summed E-state index contributed by atoms with van der Waals surface area (Å²) < 4.78 is 20.2. The summed E-state index contributed by atoms with van der Waals surface area (Å²) in [5.74, 6) is -0.00966. The van der Waals surface area contributed by atoms with Gasteiger partial charge in [0, 0.05) is 23.2 Å². The summed E-state index contributed by atoms with van der Waals surface area (Å²) in [5, 5.41) is 7.62. The molecule has 138 valence electrons. The number of carbonyl (C=O) groups is 1. The molecule has 0 aliphatic heterocycles. The van der Waals surface area contributed by atoms with Crippen LogP contribution < -0.4 is 5.32 Å². The molecule has 2 heterocycles. The number of carbonyl (C=O) groups excluding carboxylic acids is 1. The standard InChI is InChI=1S/C21H20FN3O2/c1-13-20(14(2)25(24-13)18-9-6-16(22)7-10-18)15-5-8-17(12-15)23-21(26)19-4-3-11-27-19/h3-11,15,17H,12H2,1-2H3,(H,23,26)/t15-,17-/m1/s1. The molecule has 6 heteroatoms. The number of aromatic nitrogens is 2. The quantitative estimate of drug-likeness (QED) is 0.709. The van der Waals surface area contributed by atoms with Crippen molar-refractivity contribution in [3.63, 3.8) is 0 Å². The predicted octanol–water partition coefficient (Wildman–Crippen LogP) is 4.06. The molecular formula is C21H20FN3O2. The maximum atomic E-state index is 13.2. The minimum Gasteiger partial charge on any atom is -0.459 e. The second-order valence-electron chi connectivity index (χ2n) is 6.76. The van der Waals surface area contributed by atoms with E-state index >= 15 is 0 Å². The van der Waals surface area contributed by atoms with Crippen molar-refractivity contribution in [2.75, 3.05) is 0 Å². The highest BCUT2D eigenvalue weighted by atomic mass is 19.1. The smallest absolute Gasteiger partial charge is 0.287 e. The summed E-state index contributed by atoms with van der Waals surface area (Å²) >= 11 is 0. The molecule has 0 bridgehead atoms. The van der Waals surface area contributed by atoms with Crippen LogP contribution >= 0.6 is 0 Å². The lowest BCUT2D eigenvalue weighted by atomic mass is 9.96. The van der Waals surface area contributed by atoms with Gasteiger partial charge in [-0.25, -0.2) is 9.07 Å². The Morgan fingerprint density at radius 1 is 1.22 bits per heavy atom. The summed E-state index contributed by atoms with van der Waals surface area (Å²) in [4.78, 5) is 12.2. The third-order valence-corrected chi connectivity index (χ3v) is 4.93. The molecule has 27 heavy (non-hydrogen) atoms. The molecule has 2 aromatic heterocycles. The van der Waals surface area contributed by atoms with Gasteiger partial charge in [0.05, 0.1) is 17.6 Å². The third kappa shape index (κ3) is 3.30. The molecule has 5 nitrogen and oxygen atoms in total. The van der Waals surface area contributed by atoms with Crippen LogP contribution in [0.2, 0.25) is 0 Å². The molecule has 4 rings (SSSR count). The first-order valence-corrected chi connectivity index (χ1v) is 8.87. The molecule has 0 unspecified atom stereocenters. The molecule has 0 radical (unpaired) electrons. The molecule has 0 saturated heterocycles. The number of benzene rings is 1. The van der Waals surface area contributed by atoms with Crippen molar-refractivity contribution in [2.45, 2.75) is 32.2 Å². The first-order chi connectivity index (χ1) is 13.0. The molecule has 3 aromatic rings. The van der Waals surface area contributed by atoms with E-state index in [0.29, 0.717) is 5.76 Å². The molecule has 0 fully saturated rings. The highest BCUT2D eigenvalue weighted by molar-refractivity contribution is 5.91. The van der Waals surface area contributed by atoms with Crippen LogP contribution in [-0.4, -0.2) is 21.7 Å². The Balaban J connectivity index is 1.52. The van der Waals surface area contributed by atoms with Crippen LogP contribution in [0.25, 0.3) is 5.69 Å². The van der Waals surface area contributed by atoms with E-state index in [-0.39, 0.29) is 23.7 Å². The number of nitrogens with zero attached hydrogens (tertiary/aromatic N) is 2. The second kappa shape index (κ2) is 6.87. The first-order valence-electron chi connectivity index (χ1n) is 8.87. The van der Waals surface area contributed by atoms with Crippen LogP contribution in [-0.2, 0) is 0 Å². The summed E-state index contributed by atoms with van der Waals surface area (Å²) in [7, 11) is 0. The zero-order valence-electron chi connectivity index (χ0n) is 15.1. The highest BCUT2D eigenvalue weighted by Gasteiger charge is 2.27. The number of rotatable bonds is 4. The zero-order valence-corrected chi connectivity index (χ0v) is 15.1. The van der Waals surface area contributed by atoms with E-state index in [9.17, 15) is 9.18 Å². The zero-order chi connectivity index (χ0) is 19.0. The summed E-state index contributed by atoms with van der Waals surface area (Å²) in [6, 6.07) is 9.58. The van der Waals surface area contributed by atoms with Gasteiger partial charge in [0.15, 0.2) is 5.76 Å². The SMILES string of the molecule is Cc1nn(-c2ccc(F)cc2)c(C)c1[C@@H]1C=C[C@@H](NC(=O)c2ccco2)C1. The lowest BCUT2D eigenvalue weighted by Crippen LogP contribution is -2.32. The van der Waals surface area contributed by atoms with Gasteiger partial charge in [-0.2, -0.15) is 5.10 Å². The normalized spacial score (nSPS) is 18.8. The van der Waals surface area contributed by atoms with Crippen molar-refractivity contribution in [2.24, 2.45) is 0 Å². The van der Waals surface area contributed by atoms with Crippen LogP contribution in [0.3, 0.4) is 0 Å². The molecule has 1 N–H and O–H groups in total. The van der Waals surface area contributed by atoms with Gasteiger partial charge in [-0.3, -0.25) is 4.79 Å². The van der Waals surface area contributed by atoms with Crippen molar-refractivity contribution >= 4 is 5.91 Å². The Labute approximate surface area is 156 Å². The summed E-state index contributed by atoms with van der Waals surface area (Å²) in [6.45, 7) is 3.99. The van der Waals surface area contributed by atoms with Gasteiger partial charge < -0.3 is 9.73 Å². The first kappa shape index (κ1) is 17.3. The van der Waals surface area contributed by atoms with Crippen molar-refractivity contribution in [3.05, 3.63) is 83.3 Å². The number of nitrogens with one attached hydrogen (secondary N) is 1. The lowest BCUT2D eigenvalue weighted by Gasteiger charge is -2.14. The van der Waals surface area contributed by atoms with Crippen LogP contribution in [0.15, 0.2) is 59.2 Å². The molecule has 0 saturated carbocycles. The average molecular weight is 365 g/mol. The Morgan fingerprint density at radius 3 is 2.70 bits per heavy atom. The number of hydrogen-bond donors (Lipinski definition) is 1. The largest absolute Gasteiger partial charge is 0.459 e. The van der Waals surface area contributed by atoms with Gasteiger partial charge in [0.1, 0.15) is 5.82 Å². The fourth-order valence-corrected chi connectivity index (χ4v) is 3.69. The molecule has 1 aliphatic carbocycles. The van der Waals surface area contributed by atoms with E-state index in [1.807, 2.05) is 24.6 Å². The van der Waals surface area contributed by atoms with Gasteiger partial charge in [-0.15, -0.1) is 0 Å². The van der Waals surface area contributed by atoms with Crippen LogP contribution in [0.1, 0.15) is 39.8 Å². The van der Waals surface area contributed by atoms with Crippen molar-refractivity contribution in [1.29, 1.82) is 0 Å². The average Bonchev–Trinajstić information content (AvgIpc) is 3.37.